The summed E-state index contributed by atoms with van der Waals surface area (Å²) in [5.41, 5.74) is -0.301. The number of benzene rings is 2. The summed E-state index contributed by atoms with van der Waals surface area (Å²) in [5.74, 6) is -2.38. The first-order chi connectivity index (χ1) is 9.92. The lowest BCUT2D eigenvalue weighted by Crippen LogP contribution is -2.13. The molecule has 0 aromatic heterocycles. The van der Waals surface area contributed by atoms with Gasteiger partial charge in [-0.2, -0.15) is 0 Å². The molecular formula is C14H10BrF2NO3. The molecule has 2 N–H and O–H groups in total. The van der Waals surface area contributed by atoms with Crippen LogP contribution in [0.5, 0.6) is 11.5 Å². The normalized spacial score (nSPS) is 10.3. The number of nitrogens with one attached hydrogen (secondary N) is 1. The standard InChI is InChI=1S/C14H10BrF2NO3/c1-21-7-2-3-13(19)8(4-7)14(20)18-12-5-9(15)10(16)6-11(12)17/h2-6,19H,1H3,(H,18,20). The van der Waals surface area contributed by atoms with Gasteiger partial charge in [0.25, 0.3) is 5.91 Å². The average Bonchev–Trinajstić information content (AvgIpc) is 2.45. The number of aromatic hydroxyl groups is 1. The molecule has 0 bridgehead atoms. The minimum absolute atomic E-state index is 0.00839. The third-order valence-electron chi connectivity index (χ3n) is 2.71. The Morgan fingerprint density at radius 2 is 1.95 bits per heavy atom. The van der Waals surface area contributed by atoms with E-state index in [1.807, 2.05) is 0 Å². The molecule has 0 saturated heterocycles. The van der Waals surface area contributed by atoms with Gasteiger partial charge in [0.2, 0.25) is 0 Å². The van der Waals surface area contributed by atoms with Gasteiger partial charge in [0.05, 0.1) is 22.8 Å². The Bertz CT molecular complexity index is 707. The maximum atomic E-state index is 13.6. The molecule has 4 nitrogen and oxygen atoms in total. The van der Waals surface area contributed by atoms with Crippen LogP contribution < -0.4 is 10.1 Å². The minimum Gasteiger partial charge on any atom is -0.507 e. The molecule has 1 amide bonds. The van der Waals surface area contributed by atoms with Crippen molar-refractivity contribution in [3.63, 3.8) is 0 Å². The molecule has 0 radical (unpaired) electrons. The van der Waals surface area contributed by atoms with Crippen LogP contribution in [0, 0.1) is 11.6 Å². The van der Waals surface area contributed by atoms with E-state index in [-0.39, 0.29) is 21.5 Å². The molecular weight excluding hydrogens is 348 g/mol. The van der Waals surface area contributed by atoms with Crippen molar-refractivity contribution in [2.45, 2.75) is 0 Å². The summed E-state index contributed by atoms with van der Waals surface area (Å²) >= 11 is 2.90. The number of amides is 1. The highest BCUT2D eigenvalue weighted by Crippen LogP contribution is 2.27. The second-order valence-corrected chi connectivity index (χ2v) is 4.94. The topological polar surface area (TPSA) is 58.6 Å². The number of hydrogen-bond donors (Lipinski definition) is 2. The Labute approximate surface area is 127 Å². The van der Waals surface area contributed by atoms with E-state index < -0.39 is 17.5 Å². The smallest absolute Gasteiger partial charge is 0.259 e. The van der Waals surface area contributed by atoms with Crippen LogP contribution in [0.15, 0.2) is 34.8 Å². The molecule has 0 aliphatic heterocycles. The zero-order valence-corrected chi connectivity index (χ0v) is 12.4. The van der Waals surface area contributed by atoms with Gasteiger partial charge in [-0.25, -0.2) is 8.78 Å². The molecule has 0 heterocycles. The zero-order chi connectivity index (χ0) is 15.6. The number of phenolic OH excluding ortho intramolecular Hbond substituents is 1. The highest BCUT2D eigenvalue weighted by Gasteiger charge is 2.16. The Balaban J connectivity index is 2.32. The summed E-state index contributed by atoms with van der Waals surface area (Å²) in [6.45, 7) is 0. The van der Waals surface area contributed by atoms with Crippen LogP contribution in [0.3, 0.4) is 0 Å². The minimum atomic E-state index is -0.925. The van der Waals surface area contributed by atoms with Gasteiger partial charge in [0, 0.05) is 6.07 Å². The molecule has 0 unspecified atom stereocenters. The van der Waals surface area contributed by atoms with E-state index in [4.69, 9.17) is 4.74 Å². The number of anilines is 1. The number of phenols is 1. The lowest BCUT2D eigenvalue weighted by Gasteiger charge is -2.10. The molecule has 2 aromatic rings. The van der Waals surface area contributed by atoms with Gasteiger partial charge in [-0.3, -0.25) is 4.79 Å². The summed E-state index contributed by atoms with van der Waals surface area (Å²) in [7, 11) is 1.41. The Kier molecular flexibility index (Phi) is 4.42. The monoisotopic (exact) mass is 357 g/mol. The summed E-state index contributed by atoms with van der Waals surface area (Å²) in [5, 5.41) is 11.9. The van der Waals surface area contributed by atoms with E-state index in [0.717, 1.165) is 6.07 Å². The highest BCUT2D eigenvalue weighted by molar-refractivity contribution is 9.10. The van der Waals surface area contributed by atoms with Crippen molar-refractivity contribution in [3.05, 3.63) is 52.0 Å². The van der Waals surface area contributed by atoms with Crippen molar-refractivity contribution in [2.24, 2.45) is 0 Å². The van der Waals surface area contributed by atoms with E-state index >= 15 is 0 Å². The van der Waals surface area contributed by atoms with Crippen LogP contribution in [0.2, 0.25) is 0 Å². The summed E-state index contributed by atoms with van der Waals surface area (Å²) in [6, 6.07) is 5.80. The molecule has 2 aromatic carbocycles. The number of halogens is 3. The largest absolute Gasteiger partial charge is 0.507 e. The maximum absolute atomic E-state index is 13.6. The van der Waals surface area contributed by atoms with E-state index in [0.29, 0.717) is 11.8 Å². The predicted octanol–water partition coefficient (Wildman–Crippen LogP) is 3.69. The molecule has 2 rings (SSSR count). The number of methoxy groups -OCH3 is 1. The van der Waals surface area contributed by atoms with Crippen LogP contribution in [0.1, 0.15) is 10.4 Å². The number of hydrogen-bond acceptors (Lipinski definition) is 3. The number of carbonyl (C=O) groups is 1. The number of ether oxygens (including phenoxy) is 1. The third-order valence-corrected chi connectivity index (χ3v) is 3.31. The van der Waals surface area contributed by atoms with Crippen LogP contribution in [-0.4, -0.2) is 18.1 Å². The Morgan fingerprint density at radius 3 is 2.62 bits per heavy atom. The molecule has 7 heteroatoms. The van der Waals surface area contributed by atoms with E-state index in [9.17, 15) is 18.7 Å². The van der Waals surface area contributed by atoms with Crippen molar-refractivity contribution in [3.8, 4) is 11.5 Å². The van der Waals surface area contributed by atoms with Crippen LogP contribution >= 0.6 is 15.9 Å². The summed E-state index contributed by atoms with van der Waals surface area (Å²) in [4.78, 5) is 12.0. The fourth-order valence-electron chi connectivity index (χ4n) is 1.63. The van der Waals surface area contributed by atoms with Crippen molar-refractivity contribution >= 4 is 27.5 Å². The Hall–Kier alpha value is -2.15. The third kappa shape index (κ3) is 3.30. The lowest BCUT2D eigenvalue weighted by molar-refractivity contribution is 0.102. The zero-order valence-electron chi connectivity index (χ0n) is 10.8. The van der Waals surface area contributed by atoms with Gasteiger partial charge in [-0.1, -0.05) is 0 Å². The molecule has 0 spiro atoms. The second-order valence-electron chi connectivity index (χ2n) is 4.08. The Morgan fingerprint density at radius 1 is 1.24 bits per heavy atom. The van der Waals surface area contributed by atoms with Crippen LogP contribution in [-0.2, 0) is 0 Å². The number of carbonyl (C=O) groups excluding carboxylic acids is 1. The first-order valence-corrected chi connectivity index (χ1v) is 6.54. The first kappa shape index (κ1) is 15.2. The van der Waals surface area contributed by atoms with Crippen molar-refractivity contribution in [1.82, 2.24) is 0 Å². The van der Waals surface area contributed by atoms with E-state index in [2.05, 4.69) is 21.2 Å². The lowest BCUT2D eigenvalue weighted by atomic mass is 10.1. The van der Waals surface area contributed by atoms with Crippen molar-refractivity contribution in [2.75, 3.05) is 12.4 Å². The van der Waals surface area contributed by atoms with Crippen molar-refractivity contribution < 1.29 is 23.4 Å². The predicted molar refractivity (Wildman–Crippen MR) is 76.7 cm³/mol. The quantitative estimate of drug-likeness (QED) is 0.823. The van der Waals surface area contributed by atoms with Gasteiger partial charge in [0.1, 0.15) is 23.1 Å². The van der Waals surface area contributed by atoms with E-state index in [1.54, 1.807) is 0 Å². The summed E-state index contributed by atoms with van der Waals surface area (Å²) in [6.07, 6.45) is 0. The van der Waals surface area contributed by atoms with Crippen LogP contribution in [0.4, 0.5) is 14.5 Å². The van der Waals surface area contributed by atoms with E-state index in [1.165, 1.54) is 25.3 Å². The molecule has 0 atom stereocenters. The van der Waals surface area contributed by atoms with Gasteiger partial charge in [-0.15, -0.1) is 0 Å². The van der Waals surface area contributed by atoms with Gasteiger partial charge < -0.3 is 15.2 Å². The maximum Gasteiger partial charge on any atom is 0.259 e. The van der Waals surface area contributed by atoms with Crippen molar-refractivity contribution in [1.29, 1.82) is 0 Å². The van der Waals surface area contributed by atoms with Crippen LogP contribution in [0.25, 0.3) is 0 Å². The molecule has 0 saturated carbocycles. The average molecular weight is 358 g/mol. The molecule has 21 heavy (non-hydrogen) atoms. The molecule has 0 aliphatic rings. The molecule has 0 fully saturated rings. The van der Waals surface area contributed by atoms with Gasteiger partial charge in [-0.05, 0) is 40.2 Å². The summed E-state index contributed by atoms with van der Waals surface area (Å²) < 4.78 is 31.7. The van der Waals surface area contributed by atoms with Gasteiger partial charge in [0.15, 0.2) is 0 Å². The fourth-order valence-corrected chi connectivity index (χ4v) is 1.98. The molecule has 0 aliphatic carbocycles. The SMILES string of the molecule is COc1ccc(O)c(C(=O)Nc2cc(Br)c(F)cc2F)c1. The number of rotatable bonds is 3. The highest BCUT2D eigenvalue weighted by atomic mass is 79.9. The second kappa shape index (κ2) is 6.09. The van der Waals surface area contributed by atoms with Gasteiger partial charge >= 0.3 is 0 Å². The molecule has 110 valence electrons. The fraction of sp³-hybridized carbons (Fsp3) is 0.0714. The first-order valence-electron chi connectivity index (χ1n) is 5.75.